The summed E-state index contributed by atoms with van der Waals surface area (Å²) in [6, 6.07) is 0. The lowest BCUT2D eigenvalue weighted by atomic mass is 10.2. The molecule has 1 aromatic rings. The molecule has 0 saturated carbocycles. The van der Waals surface area contributed by atoms with Crippen LogP contribution in [0.2, 0.25) is 0 Å². The average Bonchev–Trinajstić information content (AvgIpc) is 2.29. The van der Waals surface area contributed by atoms with Crippen LogP contribution in [0, 0.1) is 6.92 Å². The Hall–Kier alpha value is -1.32. The third kappa shape index (κ3) is 1.84. The lowest BCUT2D eigenvalue weighted by molar-refractivity contribution is -0.136. The molecule has 0 amide bonds. The van der Waals surface area contributed by atoms with Crippen molar-refractivity contribution in [3.05, 3.63) is 17.3 Å². The van der Waals surface area contributed by atoms with Crippen molar-refractivity contribution in [2.45, 2.75) is 26.7 Å². The van der Waals surface area contributed by atoms with Gasteiger partial charge in [0.15, 0.2) is 5.89 Å². The van der Waals surface area contributed by atoms with E-state index in [2.05, 4.69) is 4.98 Å². The summed E-state index contributed by atoms with van der Waals surface area (Å²) < 4.78 is 5.12. The average molecular weight is 169 g/mol. The largest absolute Gasteiger partial charge is 0.481 e. The Balaban J connectivity index is 2.89. The van der Waals surface area contributed by atoms with E-state index in [-0.39, 0.29) is 6.42 Å². The summed E-state index contributed by atoms with van der Waals surface area (Å²) in [5.74, 6) is 0.117. The molecule has 1 aromatic heterocycles. The van der Waals surface area contributed by atoms with Crippen molar-refractivity contribution in [1.29, 1.82) is 0 Å². The first-order chi connectivity index (χ1) is 5.63. The van der Waals surface area contributed by atoms with Crippen LogP contribution in [0.3, 0.4) is 0 Å². The molecular weight excluding hydrogens is 158 g/mol. The minimum Gasteiger partial charge on any atom is -0.481 e. The number of rotatable bonds is 3. The van der Waals surface area contributed by atoms with Crippen LogP contribution in [0.5, 0.6) is 0 Å². The first kappa shape index (κ1) is 8.77. The second kappa shape index (κ2) is 3.38. The van der Waals surface area contributed by atoms with Gasteiger partial charge in [0.2, 0.25) is 0 Å². The molecule has 4 heteroatoms. The van der Waals surface area contributed by atoms with Crippen molar-refractivity contribution in [2.24, 2.45) is 0 Å². The quantitative estimate of drug-likeness (QED) is 0.737. The van der Waals surface area contributed by atoms with Gasteiger partial charge in [0.25, 0.3) is 0 Å². The third-order valence-corrected chi connectivity index (χ3v) is 1.53. The zero-order valence-corrected chi connectivity index (χ0v) is 7.13. The van der Waals surface area contributed by atoms with E-state index in [1.807, 2.05) is 6.92 Å². The number of oxazole rings is 1. The number of carboxylic acid groups (broad SMARTS) is 1. The van der Waals surface area contributed by atoms with Crippen LogP contribution in [0.4, 0.5) is 0 Å². The molecule has 0 aliphatic rings. The summed E-state index contributed by atoms with van der Waals surface area (Å²) in [5, 5.41) is 8.51. The smallest absolute Gasteiger partial charge is 0.311 e. The summed E-state index contributed by atoms with van der Waals surface area (Å²) in [4.78, 5) is 14.4. The molecule has 0 atom stereocenters. The third-order valence-electron chi connectivity index (χ3n) is 1.53. The van der Waals surface area contributed by atoms with E-state index in [0.717, 1.165) is 5.69 Å². The molecule has 66 valence electrons. The SMILES string of the molecule is CCc1nc(C)oc1CC(=O)O. The normalized spacial score (nSPS) is 10.2. The van der Waals surface area contributed by atoms with Gasteiger partial charge in [-0.05, 0) is 6.42 Å². The fraction of sp³-hybridized carbons (Fsp3) is 0.500. The van der Waals surface area contributed by atoms with Crippen LogP contribution >= 0.6 is 0 Å². The van der Waals surface area contributed by atoms with Gasteiger partial charge in [-0.25, -0.2) is 4.98 Å². The molecule has 0 unspecified atom stereocenters. The summed E-state index contributed by atoms with van der Waals surface area (Å²) in [7, 11) is 0. The van der Waals surface area contributed by atoms with Gasteiger partial charge in [0, 0.05) is 6.92 Å². The monoisotopic (exact) mass is 169 g/mol. The molecule has 12 heavy (non-hydrogen) atoms. The molecule has 0 radical (unpaired) electrons. The molecule has 0 fully saturated rings. The van der Waals surface area contributed by atoms with Crippen LogP contribution in [-0.2, 0) is 17.6 Å². The maximum Gasteiger partial charge on any atom is 0.311 e. The van der Waals surface area contributed by atoms with Crippen molar-refractivity contribution < 1.29 is 14.3 Å². The van der Waals surface area contributed by atoms with Crippen molar-refractivity contribution in [1.82, 2.24) is 4.98 Å². The van der Waals surface area contributed by atoms with E-state index < -0.39 is 5.97 Å². The van der Waals surface area contributed by atoms with Crippen molar-refractivity contribution in [2.75, 3.05) is 0 Å². The Morgan fingerprint density at radius 1 is 1.67 bits per heavy atom. The predicted molar refractivity (Wildman–Crippen MR) is 42.0 cm³/mol. The maximum atomic E-state index is 10.4. The highest BCUT2D eigenvalue weighted by Gasteiger charge is 2.11. The van der Waals surface area contributed by atoms with Crippen LogP contribution in [-0.4, -0.2) is 16.1 Å². The molecule has 4 nitrogen and oxygen atoms in total. The highest BCUT2D eigenvalue weighted by atomic mass is 16.4. The minimum atomic E-state index is -0.888. The highest BCUT2D eigenvalue weighted by Crippen LogP contribution is 2.11. The molecule has 0 aromatic carbocycles. The number of aromatic nitrogens is 1. The van der Waals surface area contributed by atoms with E-state index in [1.54, 1.807) is 6.92 Å². The Morgan fingerprint density at radius 3 is 2.83 bits per heavy atom. The van der Waals surface area contributed by atoms with E-state index in [4.69, 9.17) is 9.52 Å². The lowest BCUT2D eigenvalue weighted by Crippen LogP contribution is -2.01. The van der Waals surface area contributed by atoms with Gasteiger partial charge in [-0.3, -0.25) is 4.79 Å². The Morgan fingerprint density at radius 2 is 2.33 bits per heavy atom. The second-order valence-corrected chi connectivity index (χ2v) is 2.53. The van der Waals surface area contributed by atoms with Gasteiger partial charge in [0.1, 0.15) is 12.2 Å². The standard InChI is InChI=1S/C8H11NO3/c1-3-6-7(4-8(10)11)12-5(2)9-6/h3-4H2,1-2H3,(H,10,11). The fourth-order valence-electron chi connectivity index (χ4n) is 1.06. The number of carboxylic acids is 1. The summed E-state index contributed by atoms with van der Waals surface area (Å²) in [6.07, 6.45) is 0.629. The molecule has 1 N–H and O–H groups in total. The molecule has 1 rings (SSSR count). The maximum absolute atomic E-state index is 10.4. The van der Waals surface area contributed by atoms with Gasteiger partial charge in [-0.15, -0.1) is 0 Å². The summed E-state index contributed by atoms with van der Waals surface area (Å²) in [5.41, 5.74) is 0.745. The number of hydrogen-bond acceptors (Lipinski definition) is 3. The van der Waals surface area contributed by atoms with Gasteiger partial charge < -0.3 is 9.52 Å². The molecule has 0 saturated heterocycles. The van der Waals surface area contributed by atoms with Crippen LogP contribution in [0.15, 0.2) is 4.42 Å². The summed E-state index contributed by atoms with van der Waals surface area (Å²) >= 11 is 0. The van der Waals surface area contributed by atoms with Crippen LogP contribution < -0.4 is 0 Å². The molecule has 0 aliphatic carbocycles. The van der Waals surface area contributed by atoms with Crippen LogP contribution in [0.25, 0.3) is 0 Å². The fourth-order valence-corrected chi connectivity index (χ4v) is 1.06. The van der Waals surface area contributed by atoms with Gasteiger partial charge in [-0.1, -0.05) is 6.92 Å². The zero-order valence-electron chi connectivity index (χ0n) is 7.13. The van der Waals surface area contributed by atoms with E-state index in [1.165, 1.54) is 0 Å². The molecular formula is C8H11NO3. The van der Waals surface area contributed by atoms with E-state index in [0.29, 0.717) is 18.1 Å². The Bertz CT molecular complexity index is 290. The minimum absolute atomic E-state index is 0.0794. The van der Waals surface area contributed by atoms with Gasteiger partial charge in [-0.2, -0.15) is 0 Å². The second-order valence-electron chi connectivity index (χ2n) is 2.53. The van der Waals surface area contributed by atoms with E-state index >= 15 is 0 Å². The zero-order chi connectivity index (χ0) is 9.14. The number of aliphatic carboxylic acids is 1. The molecule has 0 bridgehead atoms. The number of hydrogen-bond donors (Lipinski definition) is 1. The summed E-state index contributed by atoms with van der Waals surface area (Å²) in [6.45, 7) is 3.63. The lowest BCUT2D eigenvalue weighted by Gasteiger charge is -1.92. The number of carbonyl (C=O) groups is 1. The molecule has 0 spiro atoms. The molecule has 1 heterocycles. The van der Waals surface area contributed by atoms with Crippen LogP contribution in [0.1, 0.15) is 24.3 Å². The van der Waals surface area contributed by atoms with Crippen molar-refractivity contribution >= 4 is 5.97 Å². The Labute approximate surface area is 70.2 Å². The van der Waals surface area contributed by atoms with Crippen molar-refractivity contribution in [3.63, 3.8) is 0 Å². The predicted octanol–water partition coefficient (Wildman–Crippen LogP) is 1.17. The van der Waals surface area contributed by atoms with Gasteiger partial charge in [0.05, 0.1) is 5.69 Å². The molecule has 0 aliphatic heterocycles. The van der Waals surface area contributed by atoms with Crippen molar-refractivity contribution in [3.8, 4) is 0 Å². The highest BCUT2D eigenvalue weighted by molar-refractivity contribution is 5.69. The number of nitrogens with zero attached hydrogens (tertiary/aromatic N) is 1. The first-order valence-electron chi connectivity index (χ1n) is 3.80. The number of aryl methyl sites for hydroxylation is 2. The van der Waals surface area contributed by atoms with E-state index in [9.17, 15) is 4.79 Å². The van der Waals surface area contributed by atoms with Gasteiger partial charge >= 0.3 is 5.97 Å². The Kier molecular flexibility index (Phi) is 2.47. The first-order valence-corrected chi connectivity index (χ1v) is 3.80. The topological polar surface area (TPSA) is 63.3 Å².